The molecule has 4 nitrogen and oxygen atoms in total. The molecule has 1 fully saturated rings. The average molecular weight is 227 g/mol. The SMILES string of the molecule is CCC(C(=O)O)C(=O)N(C)CCC1CCC1. The van der Waals surface area contributed by atoms with E-state index in [1.165, 1.54) is 19.3 Å². The molecule has 0 bridgehead atoms. The van der Waals surface area contributed by atoms with Gasteiger partial charge in [0.1, 0.15) is 5.92 Å². The summed E-state index contributed by atoms with van der Waals surface area (Å²) < 4.78 is 0. The summed E-state index contributed by atoms with van der Waals surface area (Å²) in [6.45, 7) is 2.42. The lowest BCUT2D eigenvalue weighted by molar-refractivity contribution is -0.150. The van der Waals surface area contributed by atoms with Crippen molar-refractivity contribution in [2.24, 2.45) is 11.8 Å². The molecule has 0 saturated heterocycles. The van der Waals surface area contributed by atoms with Crippen molar-refractivity contribution in [2.45, 2.75) is 39.0 Å². The Kier molecular flexibility index (Phi) is 4.77. The third kappa shape index (κ3) is 3.22. The van der Waals surface area contributed by atoms with E-state index in [0.717, 1.165) is 12.3 Å². The van der Waals surface area contributed by atoms with Crippen LogP contribution in [0.2, 0.25) is 0 Å². The summed E-state index contributed by atoms with van der Waals surface area (Å²) in [6.07, 6.45) is 5.20. The van der Waals surface area contributed by atoms with Crippen molar-refractivity contribution >= 4 is 11.9 Å². The lowest BCUT2D eigenvalue weighted by Crippen LogP contribution is -2.38. The third-order valence-electron chi connectivity index (χ3n) is 3.48. The molecule has 1 amide bonds. The molecule has 0 radical (unpaired) electrons. The van der Waals surface area contributed by atoms with E-state index in [0.29, 0.717) is 13.0 Å². The van der Waals surface area contributed by atoms with Gasteiger partial charge in [-0.3, -0.25) is 9.59 Å². The Bertz CT molecular complexity index is 261. The summed E-state index contributed by atoms with van der Waals surface area (Å²) in [4.78, 5) is 24.2. The van der Waals surface area contributed by atoms with Crippen molar-refractivity contribution in [3.63, 3.8) is 0 Å². The molecule has 0 aromatic rings. The molecule has 1 rings (SSSR count). The van der Waals surface area contributed by atoms with Crippen molar-refractivity contribution in [1.29, 1.82) is 0 Å². The van der Waals surface area contributed by atoms with E-state index in [4.69, 9.17) is 5.11 Å². The van der Waals surface area contributed by atoms with Crippen LogP contribution < -0.4 is 0 Å². The van der Waals surface area contributed by atoms with Crippen LogP contribution in [-0.4, -0.2) is 35.5 Å². The van der Waals surface area contributed by atoms with Crippen molar-refractivity contribution < 1.29 is 14.7 Å². The fourth-order valence-corrected chi connectivity index (χ4v) is 1.99. The highest BCUT2D eigenvalue weighted by molar-refractivity contribution is 5.96. The van der Waals surface area contributed by atoms with Crippen LogP contribution in [0, 0.1) is 11.8 Å². The fourth-order valence-electron chi connectivity index (χ4n) is 1.99. The van der Waals surface area contributed by atoms with Gasteiger partial charge in [0.05, 0.1) is 0 Å². The highest BCUT2D eigenvalue weighted by Gasteiger charge is 2.27. The lowest BCUT2D eigenvalue weighted by atomic mass is 9.83. The zero-order valence-electron chi connectivity index (χ0n) is 10.1. The van der Waals surface area contributed by atoms with Crippen LogP contribution in [0.15, 0.2) is 0 Å². The van der Waals surface area contributed by atoms with Crippen molar-refractivity contribution in [2.75, 3.05) is 13.6 Å². The average Bonchev–Trinajstić information content (AvgIpc) is 2.15. The largest absolute Gasteiger partial charge is 0.481 e. The number of carboxylic acid groups (broad SMARTS) is 1. The van der Waals surface area contributed by atoms with E-state index in [9.17, 15) is 9.59 Å². The topological polar surface area (TPSA) is 57.6 Å². The van der Waals surface area contributed by atoms with Crippen LogP contribution in [0.1, 0.15) is 39.0 Å². The van der Waals surface area contributed by atoms with Gasteiger partial charge in [0, 0.05) is 13.6 Å². The molecule has 1 aliphatic rings. The van der Waals surface area contributed by atoms with E-state index in [2.05, 4.69) is 0 Å². The van der Waals surface area contributed by atoms with Gasteiger partial charge in [0.2, 0.25) is 5.91 Å². The first kappa shape index (κ1) is 13.0. The number of nitrogens with zero attached hydrogens (tertiary/aromatic N) is 1. The van der Waals surface area contributed by atoms with Crippen molar-refractivity contribution in [3.05, 3.63) is 0 Å². The predicted molar refractivity (Wildman–Crippen MR) is 61.0 cm³/mol. The van der Waals surface area contributed by atoms with Gasteiger partial charge in [-0.1, -0.05) is 26.2 Å². The van der Waals surface area contributed by atoms with Gasteiger partial charge in [-0.15, -0.1) is 0 Å². The minimum Gasteiger partial charge on any atom is -0.481 e. The van der Waals surface area contributed by atoms with E-state index in [1.54, 1.807) is 18.9 Å². The molecule has 1 saturated carbocycles. The Balaban J connectivity index is 2.35. The molecule has 1 aliphatic carbocycles. The predicted octanol–water partition coefficient (Wildman–Crippen LogP) is 1.75. The van der Waals surface area contributed by atoms with Gasteiger partial charge in [0.25, 0.3) is 0 Å². The summed E-state index contributed by atoms with van der Waals surface area (Å²) in [6, 6.07) is 0. The molecule has 1 atom stereocenters. The van der Waals surface area contributed by atoms with Crippen LogP contribution in [0.4, 0.5) is 0 Å². The minimum absolute atomic E-state index is 0.255. The zero-order valence-corrected chi connectivity index (χ0v) is 10.1. The molecule has 16 heavy (non-hydrogen) atoms. The van der Waals surface area contributed by atoms with Crippen LogP contribution in [-0.2, 0) is 9.59 Å². The molecule has 92 valence electrons. The van der Waals surface area contributed by atoms with E-state index in [-0.39, 0.29) is 5.91 Å². The van der Waals surface area contributed by atoms with Gasteiger partial charge in [-0.05, 0) is 18.8 Å². The van der Waals surface area contributed by atoms with Crippen LogP contribution >= 0.6 is 0 Å². The number of carbonyl (C=O) groups excluding carboxylic acids is 1. The Labute approximate surface area is 96.6 Å². The van der Waals surface area contributed by atoms with Gasteiger partial charge >= 0.3 is 5.97 Å². The number of amides is 1. The van der Waals surface area contributed by atoms with Crippen LogP contribution in [0.25, 0.3) is 0 Å². The molecule has 0 aromatic carbocycles. The molecule has 0 spiro atoms. The maximum atomic E-state index is 11.8. The lowest BCUT2D eigenvalue weighted by Gasteiger charge is -2.28. The summed E-state index contributed by atoms with van der Waals surface area (Å²) in [5, 5.41) is 8.88. The molecule has 0 aliphatic heterocycles. The Morgan fingerprint density at radius 3 is 2.44 bits per heavy atom. The summed E-state index contributed by atoms with van der Waals surface area (Å²) in [7, 11) is 1.70. The first-order valence-corrected chi connectivity index (χ1v) is 6.04. The quantitative estimate of drug-likeness (QED) is 0.703. The molecule has 4 heteroatoms. The molecule has 1 N–H and O–H groups in total. The van der Waals surface area contributed by atoms with Crippen LogP contribution in [0.3, 0.4) is 0 Å². The van der Waals surface area contributed by atoms with E-state index < -0.39 is 11.9 Å². The number of carbonyl (C=O) groups is 2. The van der Waals surface area contributed by atoms with E-state index in [1.807, 2.05) is 0 Å². The molecular weight excluding hydrogens is 206 g/mol. The molecule has 1 unspecified atom stereocenters. The van der Waals surface area contributed by atoms with Gasteiger partial charge in [-0.25, -0.2) is 0 Å². The maximum absolute atomic E-state index is 11.8. The van der Waals surface area contributed by atoms with Gasteiger partial charge in [-0.2, -0.15) is 0 Å². The second-order valence-electron chi connectivity index (χ2n) is 4.64. The summed E-state index contributed by atoms with van der Waals surface area (Å²) in [5.74, 6) is -1.39. The second-order valence-corrected chi connectivity index (χ2v) is 4.64. The Morgan fingerprint density at radius 2 is 2.06 bits per heavy atom. The highest BCUT2D eigenvalue weighted by Crippen LogP contribution is 2.29. The molecule has 0 aromatic heterocycles. The minimum atomic E-state index is -1.01. The number of hydrogen-bond acceptors (Lipinski definition) is 2. The molecule has 0 heterocycles. The third-order valence-corrected chi connectivity index (χ3v) is 3.48. The smallest absolute Gasteiger partial charge is 0.316 e. The Morgan fingerprint density at radius 1 is 1.44 bits per heavy atom. The van der Waals surface area contributed by atoms with Crippen molar-refractivity contribution in [1.82, 2.24) is 4.90 Å². The Hall–Kier alpha value is -1.06. The maximum Gasteiger partial charge on any atom is 0.316 e. The standard InChI is InChI=1S/C12H21NO3/c1-3-10(12(15)16)11(14)13(2)8-7-9-5-4-6-9/h9-10H,3-8H2,1-2H3,(H,15,16). The monoisotopic (exact) mass is 227 g/mol. The van der Waals surface area contributed by atoms with E-state index >= 15 is 0 Å². The fraction of sp³-hybridized carbons (Fsp3) is 0.833. The number of hydrogen-bond donors (Lipinski definition) is 1. The van der Waals surface area contributed by atoms with Gasteiger partial charge in [0.15, 0.2) is 0 Å². The first-order valence-electron chi connectivity index (χ1n) is 6.04. The zero-order chi connectivity index (χ0) is 12.1. The number of aliphatic carboxylic acids is 1. The highest BCUT2D eigenvalue weighted by atomic mass is 16.4. The summed E-state index contributed by atoms with van der Waals surface area (Å²) in [5.41, 5.74) is 0. The molecular formula is C12H21NO3. The number of rotatable bonds is 6. The second kappa shape index (κ2) is 5.87. The summed E-state index contributed by atoms with van der Waals surface area (Å²) >= 11 is 0. The number of carboxylic acids is 1. The van der Waals surface area contributed by atoms with Crippen molar-refractivity contribution in [3.8, 4) is 0 Å². The van der Waals surface area contributed by atoms with Crippen LogP contribution in [0.5, 0.6) is 0 Å². The normalized spacial score (nSPS) is 17.6. The first-order chi connectivity index (χ1) is 7.56. The van der Waals surface area contributed by atoms with Gasteiger partial charge < -0.3 is 10.0 Å².